The van der Waals surface area contributed by atoms with E-state index >= 15 is 0 Å². The minimum Gasteiger partial charge on any atom is -0.378 e. The van der Waals surface area contributed by atoms with Gasteiger partial charge in [0, 0.05) is 76.6 Å². The molecule has 6 rings (SSSR count). The number of imide groups is 1. The predicted octanol–water partition coefficient (Wildman–Crippen LogP) is 3.32. The van der Waals surface area contributed by atoms with Crippen LogP contribution in [0.2, 0.25) is 5.02 Å². The zero-order valence-corrected chi connectivity index (χ0v) is 26.4. The van der Waals surface area contributed by atoms with Gasteiger partial charge in [0.15, 0.2) is 0 Å². The summed E-state index contributed by atoms with van der Waals surface area (Å²) in [5.41, 5.74) is 4.07. The Hall–Kier alpha value is -3.80. The summed E-state index contributed by atoms with van der Waals surface area (Å²) in [6.07, 6.45) is 3.08. The quantitative estimate of drug-likeness (QED) is 0.382. The molecule has 0 radical (unpaired) electrons. The second kappa shape index (κ2) is 13.3. The molecule has 2 amide bonds. The number of carbonyl (C=O) groups is 2. The molecule has 2 aromatic carbocycles. The predicted molar refractivity (Wildman–Crippen MR) is 172 cm³/mol. The molecule has 3 aromatic rings. The van der Waals surface area contributed by atoms with Crippen molar-refractivity contribution >= 4 is 34.8 Å². The van der Waals surface area contributed by atoms with E-state index in [4.69, 9.17) is 11.6 Å². The van der Waals surface area contributed by atoms with Crippen molar-refractivity contribution in [2.75, 3.05) is 56.5 Å². The Morgan fingerprint density at radius 3 is 2.51 bits per heavy atom. The van der Waals surface area contributed by atoms with E-state index in [1.54, 1.807) is 25.4 Å². The number of carbonyl (C=O) groups excluding carboxylic acids is 2. The van der Waals surface area contributed by atoms with Gasteiger partial charge in [0.05, 0.1) is 17.8 Å². The molecule has 0 saturated carbocycles. The molecule has 45 heavy (non-hydrogen) atoms. The van der Waals surface area contributed by atoms with E-state index in [9.17, 15) is 18.8 Å². The molecule has 0 aliphatic carbocycles. The molecule has 4 heterocycles. The summed E-state index contributed by atoms with van der Waals surface area (Å²) in [4.78, 5) is 43.1. The Labute approximate surface area is 267 Å². The van der Waals surface area contributed by atoms with Crippen molar-refractivity contribution in [3.8, 4) is 0 Å². The van der Waals surface area contributed by atoms with Crippen LogP contribution < -0.4 is 21.1 Å². The Kier molecular flexibility index (Phi) is 9.21. The van der Waals surface area contributed by atoms with Crippen LogP contribution in [0.25, 0.3) is 0 Å². The average molecular weight is 636 g/mol. The second-order valence-corrected chi connectivity index (χ2v) is 12.9. The van der Waals surface area contributed by atoms with Crippen molar-refractivity contribution < 1.29 is 14.0 Å². The largest absolute Gasteiger partial charge is 0.378 e. The van der Waals surface area contributed by atoms with E-state index in [0.717, 1.165) is 57.9 Å². The van der Waals surface area contributed by atoms with Gasteiger partial charge in [-0.3, -0.25) is 24.6 Å². The van der Waals surface area contributed by atoms with Gasteiger partial charge in [0.25, 0.3) is 5.56 Å². The van der Waals surface area contributed by atoms with Crippen LogP contribution in [0.3, 0.4) is 0 Å². The third-order valence-corrected chi connectivity index (χ3v) is 9.63. The van der Waals surface area contributed by atoms with Gasteiger partial charge in [-0.25, -0.2) is 9.07 Å². The van der Waals surface area contributed by atoms with Crippen LogP contribution in [-0.4, -0.2) is 83.8 Å². The maximum Gasteiger partial charge on any atom is 0.287 e. The van der Waals surface area contributed by atoms with Gasteiger partial charge in [-0.05, 0) is 55.1 Å². The average Bonchev–Trinajstić information content (AvgIpc) is 3.02. The molecule has 0 bridgehead atoms. The molecular formula is C33H39ClFN7O3. The number of likely N-dealkylation sites (N-methyl/N-ethyl adjacent to an activating group) is 1. The number of nitrogens with one attached hydrogen (secondary N) is 2. The van der Waals surface area contributed by atoms with Gasteiger partial charge in [-0.15, -0.1) is 0 Å². The van der Waals surface area contributed by atoms with Crippen molar-refractivity contribution in [2.24, 2.45) is 7.05 Å². The minimum absolute atomic E-state index is 0.136. The Bertz CT molecular complexity index is 1620. The molecule has 3 fully saturated rings. The first-order chi connectivity index (χ1) is 21.6. The third kappa shape index (κ3) is 7.05. The smallest absolute Gasteiger partial charge is 0.287 e. The molecule has 2 N–H and O–H groups in total. The van der Waals surface area contributed by atoms with Crippen LogP contribution in [0.4, 0.5) is 15.8 Å². The Balaban J connectivity index is 1.03. The molecule has 1 aromatic heterocycles. The number of halogens is 2. The van der Waals surface area contributed by atoms with E-state index in [-0.39, 0.29) is 29.0 Å². The van der Waals surface area contributed by atoms with E-state index < -0.39 is 17.6 Å². The Morgan fingerprint density at radius 1 is 1.02 bits per heavy atom. The van der Waals surface area contributed by atoms with Crippen LogP contribution in [0, 0.1) is 5.82 Å². The summed E-state index contributed by atoms with van der Waals surface area (Å²) < 4.78 is 15.9. The number of piperazine rings is 1. The number of hydrogen-bond donors (Lipinski definition) is 2. The number of hydrogen-bond acceptors (Lipinski definition) is 8. The fraction of sp³-hybridized carbons (Fsp3) is 0.455. The number of rotatable bonds is 7. The zero-order chi connectivity index (χ0) is 31.7. The molecule has 0 spiro atoms. The summed E-state index contributed by atoms with van der Waals surface area (Å²) in [6, 6.07) is 14.0. The van der Waals surface area contributed by atoms with Crippen LogP contribution in [0.1, 0.15) is 47.8 Å². The third-order valence-electron chi connectivity index (χ3n) is 9.26. The van der Waals surface area contributed by atoms with E-state index in [0.29, 0.717) is 23.6 Å². The number of likely N-dealkylation sites (tertiary alicyclic amines) is 1. The molecule has 12 heteroatoms. The van der Waals surface area contributed by atoms with E-state index in [1.165, 1.54) is 21.9 Å². The van der Waals surface area contributed by atoms with E-state index in [2.05, 4.69) is 61.7 Å². The van der Waals surface area contributed by atoms with Crippen molar-refractivity contribution in [2.45, 2.75) is 43.7 Å². The molecule has 3 saturated heterocycles. The number of anilines is 2. The van der Waals surface area contributed by atoms with Gasteiger partial charge < -0.3 is 15.1 Å². The number of aryl methyl sites for hydroxylation is 1. The summed E-state index contributed by atoms with van der Waals surface area (Å²) in [5, 5.41) is 10.1. The van der Waals surface area contributed by atoms with Crippen LogP contribution in [0.15, 0.2) is 53.5 Å². The number of benzene rings is 2. The first-order valence-electron chi connectivity index (χ1n) is 15.5. The number of piperidine rings is 2. The normalized spacial score (nSPS) is 23.2. The van der Waals surface area contributed by atoms with Crippen molar-refractivity contribution in [3.05, 3.63) is 86.5 Å². The first-order valence-corrected chi connectivity index (χ1v) is 15.9. The maximum absolute atomic E-state index is 14.7. The van der Waals surface area contributed by atoms with Gasteiger partial charge in [0.2, 0.25) is 11.8 Å². The number of amides is 2. The fourth-order valence-electron chi connectivity index (χ4n) is 6.80. The molecular weight excluding hydrogens is 597 g/mol. The highest BCUT2D eigenvalue weighted by atomic mass is 35.5. The lowest BCUT2D eigenvalue weighted by Gasteiger charge is -2.37. The molecule has 3 atom stereocenters. The van der Waals surface area contributed by atoms with Crippen molar-refractivity contribution in [3.63, 3.8) is 0 Å². The fourth-order valence-corrected chi connectivity index (χ4v) is 7.03. The van der Waals surface area contributed by atoms with Gasteiger partial charge in [-0.1, -0.05) is 35.9 Å². The van der Waals surface area contributed by atoms with Crippen molar-refractivity contribution in [1.29, 1.82) is 0 Å². The molecule has 3 aliphatic rings. The summed E-state index contributed by atoms with van der Waals surface area (Å²) in [5.74, 6) is -1.43. The molecule has 238 valence electrons. The standard InChI is InChI=1S/C33H39ClFN7O3/c1-39-19-23(15-24(20-39)37-29-17-36-40(2)33(45)31(29)34)22-5-3-21(4-6-22)18-41-11-13-42(14-12-41)25-7-9-28(35)27(16-25)26-8-10-30(43)38-32(26)44/h3-7,9,16-17,23-24,26,37H,8,10-15,18-20H2,1-2H3,(H,38,43,44)/t23-,24+,26?/m1/s1. The SMILES string of the molecule is CN1C[C@@H](Nc2cnn(C)c(=O)c2Cl)C[C@@H](c2ccc(CN3CCN(c4ccc(F)c(C5CCC(=O)NC5=O)c4)CC3)cc2)C1. The van der Waals surface area contributed by atoms with Crippen LogP contribution >= 0.6 is 11.6 Å². The van der Waals surface area contributed by atoms with Crippen molar-refractivity contribution in [1.82, 2.24) is 24.9 Å². The molecule has 3 aliphatic heterocycles. The summed E-state index contributed by atoms with van der Waals surface area (Å²) >= 11 is 6.30. The summed E-state index contributed by atoms with van der Waals surface area (Å²) in [6.45, 7) is 5.99. The van der Waals surface area contributed by atoms with Gasteiger partial charge >= 0.3 is 0 Å². The lowest BCUT2D eigenvalue weighted by atomic mass is 9.87. The first kappa shape index (κ1) is 31.2. The molecule has 10 nitrogen and oxygen atoms in total. The highest BCUT2D eigenvalue weighted by Crippen LogP contribution is 2.32. The lowest BCUT2D eigenvalue weighted by molar-refractivity contribution is -0.134. The van der Waals surface area contributed by atoms with E-state index in [1.807, 2.05) is 0 Å². The topological polar surface area (TPSA) is 103 Å². The minimum atomic E-state index is -0.640. The highest BCUT2D eigenvalue weighted by molar-refractivity contribution is 6.32. The van der Waals surface area contributed by atoms with Crippen LogP contribution in [0.5, 0.6) is 0 Å². The lowest BCUT2D eigenvalue weighted by Crippen LogP contribution is -2.46. The highest BCUT2D eigenvalue weighted by Gasteiger charge is 2.31. The van der Waals surface area contributed by atoms with Gasteiger partial charge in [-0.2, -0.15) is 5.10 Å². The van der Waals surface area contributed by atoms with Gasteiger partial charge in [0.1, 0.15) is 10.8 Å². The monoisotopic (exact) mass is 635 g/mol. The number of aromatic nitrogens is 2. The Morgan fingerprint density at radius 2 is 1.78 bits per heavy atom. The molecule has 1 unspecified atom stereocenters. The zero-order valence-electron chi connectivity index (χ0n) is 25.6. The van der Waals surface area contributed by atoms with Crippen LogP contribution in [-0.2, 0) is 23.2 Å². The summed E-state index contributed by atoms with van der Waals surface area (Å²) in [7, 11) is 3.70. The maximum atomic E-state index is 14.7. The number of nitrogens with zero attached hydrogens (tertiary/aromatic N) is 5. The second-order valence-electron chi connectivity index (χ2n) is 12.5.